The maximum Gasteiger partial charge on any atom is 0.269 e. The molecular formula is C34H46N2O4. The zero-order valence-electron chi connectivity index (χ0n) is 24.6. The van der Waals surface area contributed by atoms with Gasteiger partial charge < -0.3 is 9.84 Å². The van der Waals surface area contributed by atoms with Gasteiger partial charge in [-0.3, -0.25) is 15.0 Å². The maximum atomic E-state index is 11.2. The first-order chi connectivity index (χ1) is 19.1. The number of nitro benzene ring substituents is 1. The van der Waals surface area contributed by atoms with Gasteiger partial charge >= 0.3 is 0 Å². The Morgan fingerprint density at radius 2 is 1.93 bits per heavy atom. The highest BCUT2D eigenvalue weighted by Gasteiger charge is 2.61. The van der Waals surface area contributed by atoms with Gasteiger partial charge in [0.1, 0.15) is 0 Å². The molecule has 2 aliphatic heterocycles. The molecule has 7 rings (SSSR count). The molecule has 6 aliphatic rings. The second-order valence-corrected chi connectivity index (χ2v) is 14.6. The summed E-state index contributed by atoms with van der Waals surface area (Å²) in [5.41, 5.74) is 6.15. The zero-order chi connectivity index (χ0) is 28.0. The van der Waals surface area contributed by atoms with Crippen LogP contribution >= 0.6 is 0 Å². The summed E-state index contributed by atoms with van der Waals surface area (Å²) in [6.45, 7) is 11.6. The van der Waals surface area contributed by atoms with Gasteiger partial charge in [-0.05, 0) is 98.5 Å². The van der Waals surface area contributed by atoms with Crippen molar-refractivity contribution >= 4 is 5.69 Å². The number of aliphatic hydroxyl groups excluding tert-OH is 1. The van der Waals surface area contributed by atoms with Gasteiger partial charge in [0.15, 0.2) is 0 Å². The molecule has 0 amide bonds. The fourth-order valence-electron chi connectivity index (χ4n) is 10.6. The smallest absolute Gasteiger partial charge is 0.269 e. The Balaban J connectivity index is 1.17. The van der Waals surface area contributed by atoms with Crippen LogP contribution in [0.1, 0.15) is 84.6 Å². The molecule has 1 N–H and O–H groups in total. The van der Waals surface area contributed by atoms with Crippen molar-refractivity contribution in [3.63, 3.8) is 0 Å². The number of benzene rings is 1. The number of nitro groups is 1. The summed E-state index contributed by atoms with van der Waals surface area (Å²) in [5.74, 6) is 3.09. The normalized spacial score (nSPS) is 44.6. The summed E-state index contributed by atoms with van der Waals surface area (Å²) >= 11 is 0. The minimum Gasteiger partial charge on any atom is -0.393 e. The van der Waals surface area contributed by atoms with Gasteiger partial charge in [-0.15, -0.1) is 0 Å². The lowest BCUT2D eigenvalue weighted by molar-refractivity contribution is -0.384. The monoisotopic (exact) mass is 546 g/mol. The summed E-state index contributed by atoms with van der Waals surface area (Å²) in [5, 5.41) is 21.6. The molecule has 0 aromatic heterocycles. The first kappa shape index (κ1) is 26.9. The van der Waals surface area contributed by atoms with Crippen LogP contribution in [0.3, 0.4) is 0 Å². The number of piperidine rings is 1. The van der Waals surface area contributed by atoms with Crippen LogP contribution < -0.4 is 0 Å². The molecule has 2 saturated carbocycles. The number of ether oxygens (including phenoxy) is 1. The van der Waals surface area contributed by atoms with Gasteiger partial charge in [0.05, 0.1) is 22.7 Å². The number of non-ortho nitro benzene ring substituents is 1. The Morgan fingerprint density at radius 1 is 1.15 bits per heavy atom. The third-order valence-electron chi connectivity index (χ3n) is 12.6. The average Bonchev–Trinajstić information content (AvgIpc) is 3.44. The first-order valence-electron chi connectivity index (χ1n) is 15.8. The molecule has 1 aromatic rings. The molecular weight excluding hydrogens is 500 g/mol. The highest BCUT2D eigenvalue weighted by molar-refractivity contribution is 5.39. The van der Waals surface area contributed by atoms with E-state index in [-0.39, 0.29) is 33.8 Å². The predicted octanol–water partition coefficient (Wildman–Crippen LogP) is 6.82. The van der Waals surface area contributed by atoms with Gasteiger partial charge in [0.25, 0.3) is 5.69 Å². The first-order valence-corrected chi connectivity index (χ1v) is 15.8. The Bertz CT molecular complexity index is 1250. The predicted molar refractivity (Wildman–Crippen MR) is 156 cm³/mol. The molecule has 216 valence electrons. The standard InChI is InChI=1S/C34H46N2O4/c1-20-15-31-32(35(18-20)19-23-5-8-25(9-6-23)36(38)39)22(3)34(40-31)14-12-27-28-10-7-24-16-26(37)11-13-33(24,4)30(28)17-29(27)21(34)2/h5-9,20,22,26-28,30-32,37H,10-19H2,1-4H3/t20-,22+,26-,27-,28-,30?,31+,32-,33-,34-/m0/s1. The van der Waals surface area contributed by atoms with E-state index >= 15 is 0 Å². The van der Waals surface area contributed by atoms with Gasteiger partial charge in [0, 0.05) is 37.2 Å². The summed E-state index contributed by atoms with van der Waals surface area (Å²) < 4.78 is 7.28. The van der Waals surface area contributed by atoms with E-state index in [1.807, 2.05) is 12.1 Å². The number of hydrogen-bond acceptors (Lipinski definition) is 5. The molecule has 0 bridgehead atoms. The largest absolute Gasteiger partial charge is 0.393 e. The van der Waals surface area contributed by atoms with E-state index in [1.54, 1.807) is 23.3 Å². The quantitative estimate of drug-likeness (QED) is 0.256. The molecule has 0 radical (unpaired) electrons. The lowest BCUT2D eigenvalue weighted by Gasteiger charge is -2.49. The van der Waals surface area contributed by atoms with Crippen molar-refractivity contribution in [2.24, 2.45) is 35.0 Å². The van der Waals surface area contributed by atoms with E-state index in [2.05, 4.69) is 38.7 Å². The molecule has 2 heterocycles. The summed E-state index contributed by atoms with van der Waals surface area (Å²) in [6.07, 6.45) is 11.4. The molecule has 6 nitrogen and oxygen atoms in total. The van der Waals surface area contributed by atoms with Crippen molar-refractivity contribution in [2.75, 3.05) is 6.54 Å². The maximum absolute atomic E-state index is 11.2. The second-order valence-electron chi connectivity index (χ2n) is 14.6. The highest BCUT2D eigenvalue weighted by Crippen LogP contribution is 2.65. The second kappa shape index (κ2) is 9.50. The molecule has 10 atom stereocenters. The lowest BCUT2D eigenvalue weighted by Crippen LogP contribution is -2.51. The van der Waals surface area contributed by atoms with Crippen molar-refractivity contribution in [2.45, 2.75) is 109 Å². The summed E-state index contributed by atoms with van der Waals surface area (Å²) in [7, 11) is 0. The molecule has 40 heavy (non-hydrogen) atoms. The van der Waals surface area contributed by atoms with Crippen LogP contribution in [-0.4, -0.2) is 45.3 Å². The lowest BCUT2D eigenvalue weighted by atomic mass is 9.56. The van der Waals surface area contributed by atoms with Crippen molar-refractivity contribution in [1.29, 1.82) is 0 Å². The van der Waals surface area contributed by atoms with E-state index in [4.69, 9.17) is 4.74 Å². The summed E-state index contributed by atoms with van der Waals surface area (Å²) in [6, 6.07) is 7.50. The van der Waals surface area contributed by atoms with Crippen LogP contribution in [0.2, 0.25) is 0 Å². The molecule has 1 aromatic carbocycles. The molecule has 6 heteroatoms. The van der Waals surface area contributed by atoms with Gasteiger partial charge in [0.2, 0.25) is 0 Å². The van der Waals surface area contributed by atoms with Crippen LogP contribution in [-0.2, 0) is 11.3 Å². The van der Waals surface area contributed by atoms with Crippen LogP contribution in [0.4, 0.5) is 5.69 Å². The van der Waals surface area contributed by atoms with E-state index in [0.29, 0.717) is 29.7 Å². The number of likely N-dealkylation sites (tertiary alicyclic amines) is 1. The fraction of sp³-hybridized carbons (Fsp3) is 0.706. The van der Waals surface area contributed by atoms with Gasteiger partial charge in [-0.1, -0.05) is 50.1 Å². The van der Waals surface area contributed by atoms with Crippen LogP contribution in [0.15, 0.2) is 47.1 Å². The minimum atomic E-state index is -0.319. The number of fused-ring (bicyclic) bond motifs is 6. The molecule has 1 spiro atoms. The number of aliphatic hydroxyl groups is 1. The fourth-order valence-corrected chi connectivity index (χ4v) is 10.6. The third kappa shape index (κ3) is 3.92. The highest BCUT2D eigenvalue weighted by atomic mass is 16.6. The topological polar surface area (TPSA) is 75.8 Å². The van der Waals surface area contributed by atoms with Crippen LogP contribution in [0.5, 0.6) is 0 Å². The van der Waals surface area contributed by atoms with Gasteiger partial charge in [-0.2, -0.15) is 0 Å². The Kier molecular flexibility index (Phi) is 6.38. The van der Waals surface area contributed by atoms with E-state index in [9.17, 15) is 15.2 Å². The average molecular weight is 547 g/mol. The Hall–Kier alpha value is -2.02. The van der Waals surface area contributed by atoms with E-state index < -0.39 is 0 Å². The van der Waals surface area contributed by atoms with Crippen molar-refractivity contribution in [3.05, 3.63) is 62.7 Å². The van der Waals surface area contributed by atoms with Gasteiger partial charge in [-0.25, -0.2) is 0 Å². The molecule has 4 aliphatic carbocycles. The number of rotatable bonds is 3. The Morgan fingerprint density at radius 3 is 2.67 bits per heavy atom. The number of hydrogen-bond donors (Lipinski definition) is 1. The van der Waals surface area contributed by atoms with Crippen molar-refractivity contribution in [1.82, 2.24) is 4.90 Å². The molecule has 1 unspecified atom stereocenters. The number of nitrogens with zero attached hydrogens (tertiary/aromatic N) is 2. The SMILES string of the molecule is CC1=C2CC3[C@@H](CC=C4C[C@@H](O)CC[C@@]43C)[C@@H]2CC[C@]12O[C@@H]1C[C@H](C)CN(Cc3ccc([N+](=O)[O-])cc3)[C@H]1[C@H]2C. The molecule has 2 saturated heterocycles. The van der Waals surface area contributed by atoms with Crippen molar-refractivity contribution < 1.29 is 14.8 Å². The van der Waals surface area contributed by atoms with E-state index in [1.165, 1.54) is 24.8 Å². The number of allylic oxidation sites excluding steroid dienone is 2. The third-order valence-corrected chi connectivity index (χ3v) is 12.6. The van der Waals surface area contributed by atoms with Crippen LogP contribution in [0.25, 0.3) is 0 Å². The minimum absolute atomic E-state index is 0.155. The van der Waals surface area contributed by atoms with Crippen LogP contribution in [0, 0.1) is 45.1 Å². The zero-order valence-corrected chi connectivity index (χ0v) is 24.6. The Labute approximate surface area is 239 Å². The van der Waals surface area contributed by atoms with E-state index in [0.717, 1.165) is 56.7 Å². The molecule has 4 fully saturated rings. The summed E-state index contributed by atoms with van der Waals surface area (Å²) in [4.78, 5) is 13.5. The van der Waals surface area contributed by atoms with Crippen molar-refractivity contribution in [3.8, 4) is 0 Å².